The summed E-state index contributed by atoms with van der Waals surface area (Å²) in [4.78, 5) is 9.11. The van der Waals surface area contributed by atoms with Crippen LogP contribution in [0.4, 0.5) is 11.5 Å². The van der Waals surface area contributed by atoms with Crippen molar-refractivity contribution >= 4 is 17.3 Å². The number of aromatic nitrogens is 3. The van der Waals surface area contributed by atoms with Crippen molar-refractivity contribution in [3.8, 4) is 17.0 Å². The lowest BCUT2D eigenvalue weighted by Crippen LogP contribution is -1.98. The number of rotatable bonds is 4. The molecule has 0 bridgehead atoms. The van der Waals surface area contributed by atoms with Gasteiger partial charge in [0.1, 0.15) is 17.3 Å². The highest BCUT2D eigenvalue weighted by molar-refractivity contribution is 5.79. The second-order valence-electron chi connectivity index (χ2n) is 6.33. The van der Waals surface area contributed by atoms with Gasteiger partial charge in [0, 0.05) is 23.6 Å². The van der Waals surface area contributed by atoms with Crippen molar-refractivity contribution in [2.45, 2.75) is 13.8 Å². The van der Waals surface area contributed by atoms with Crippen LogP contribution in [-0.2, 0) is 0 Å². The first-order valence-electron chi connectivity index (χ1n) is 8.47. The molecule has 1 N–H and O–H groups in total. The average molecular weight is 344 g/mol. The molecular formula is C21H20N4O. The molecule has 2 heterocycles. The summed E-state index contributed by atoms with van der Waals surface area (Å²) in [7, 11) is 1.66. The molecule has 130 valence electrons. The molecule has 0 aliphatic heterocycles. The van der Waals surface area contributed by atoms with Gasteiger partial charge in [-0.3, -0.25) is 4.40 Å². The Bertz CT molecular complexity index is 1050. The number of methoxy groups -OCH3 is 1. The molecule has 0 saturated carbocycles. The summed E-state index contributed by atoms with van der Waals surface area (Å²) < 4.78 is 7.23. The smallest absolute Gasteiger partial charge is 0.235 e. The summed E-state index contributed by atoms with van der Waals surface area (Å²) in [6.07, 6.45) is 3.72. The Labute approximate surface area is 152 Å². The maximum Gasteiger partial charge on any atom is 0.235 e. The van der Waals surface area contributed by atoms with Gasteiger partial charge in [-0.05, 0) is 67.4 Å². The van der Waals surface area contributed by atoms with E-state index in [0.29, 0.717) is 5.78 Å². The minimum Gasteiger partial charge on any atom is -0.497 e. The summed E-state index contributed by atoms with van der Waals surface area (Å²) in [5.41, 5.74) is 5.31. The summed E-state index contributed by atoms with van der Waals surface area (Å²) in [5.74, 6) is 2.37. The Kier molecular flexibility index (Phi) is 4.05. The molecule has 0 fully saturated rings. The maximum atomic E-state index is 5.26. The van der Waals surface area contributed by atoms with Gasteiger partial charge in [0.05, 0.1) is 7.11 Å². The van der Waals surface area contributed by atoms with Gasteiger partial charge in [-0.25, -0.2) is 9.97 Å². The maximum absolute atomic E-state index is 5.26. The highest BCUT2D eigenvalue weighted by Gasteiger charge is 2.15. The molecule has 0 atom stereocenters. The number of imidazole rings is 1. The zero-order valence-electron chi connectivity index (χ0n) is 15.0. The van der Waals surface area contributed by atoms with Crippen LogP contribution in [0.2, 0.25) is 0 Å². The SMILES string of the molecule is COc1ccc(-c2nc3ncccn3c2Nc2cc(C)cc(C)c2)cc1. The lowest BCUT2D eigenvalue weighted by Gasteiger charge is -2.11. The molecule has 5 nitrogen and oxygen atoms in total. The van der Waals surface area contributed by atoms with Crippen LogP contribution >= 0.6 is 0 Å². The third-order valence-corrected chi connectivity index (χ3v) is 4.25. The number of hydrogen-bond acceptors (Lipinski definition) is 4. The van der Waals surface area contributed by atoms with E-state index in [1.807, 2.05) is 40.9 Å². The number of hydrogen-bond donors (Lipinski definition) is 1. The van der Waals surface area contributed by atoms with Gasteiger partial charge < -0.3 is 10.1 Å². The predicted octanol–water partition coefficient (Wildman–Crippen LogP) is 4.77. The minimum atomic E-state index is 0.658. The lowest BCUT2D eigenvalue weighted by atomic mass is 10.1. The van der Waals surface area contributed by atoms with Crippen LogP contribution in [0.25, 0.3) is 17.0 Å². The quantitative estimate of drug-likeness (QED) is 0.580. The number of fused-ring (bicyclic) bond motifs is 1. The number of nitrogens with one attached hydrogen (secondary N) is 1. The molecule has 26 heavy (non-hydrogen) atoms. The molecule has 0 radical (unpaired) electrons. The summed E-state index contributed by atoms with van der Waals surface area (Å²) in [6.45, 7) is 4.19. The average Bonchev–Trinajstić information content (AvgIpc) is 2.99. The van der Waals surface area contributed by atoms with Crippen LogP contribution < -0.4 is 10.1 Å². The molecule has 4 rings (SSSR count). The lowest BCUT2D eigenvalue weighted by molar-refractivity contribution is 0.415. The summed E-state index contributed by atoms with van der Waals surface area (Å²) in [5, 5.41) is 3.53. The second kappa shape index (κ2) is 6.52. The van der Waals surface area contributed by atoms with Crippen molar-refractivity contribution in [2.75, 3.05) is 12.4 Å². The van der Waals surface area contributed by atoms with E-state index in [0.717, 1.165) is 28.5 Å². The zero-order valence-corrected chi connectivity index (χ0v) is 15.0. The van der Waals surface area contributed by atoms with Crippen molar-refractivity contribution in [3.05, 3.63) is 72.1 Å². The molecule has 0 saturated heterocycles. The first-order valence-corrected chi connectivity index (χ1v) is 8.47. The van der Waals surface area contributed by atoms with E-state index in [1.165, 1.54) is 11.1 Å². The molecule has 0 spiro atoms. The predicted molar refractivity (Wildman–Crippen MR) is 104 cm³/mol. The summed E-state index contributed by atoms with van der Waals surface area (Å²) >= 11 is 0. The number of benzene rings is 2. The van der Waals surface area contributed by atoms with Crippen LogP contribution in [0.15, 0.2) is 60.9 Å². The van der Waals surface area contributed by atoms with Crippen LogP contribution in [0.5, 0.6) is 5.75 Å². The van der Waals surface area contributed by atoms with Crippen LogP contribution in [0.1, 0.15) is 11.1 Å². The Morgan fingerprint density at radius 2 is 1.73 bits per heavy atom. The molecule has 0 aliphatic rings. The fourth-order valence-corrected chi connectivity index (χ4v) is 3.14. The zero-order chi connectivity index (χ0) is 18.1. The standard InChI is InChI=1S/C21H20N4O/c1-14-11-15(2)13-17(12-14)23-20-19(16-5-7-18(26-3)8-6-16)24-21-22-9-4-10-25(20)21/h4-13,23H,1-3H3. The Morgan fingerprint density at radius 3 is 2.42 bits per heavy atom. The molecule has 0 unspecified atom stereocenters. The third-order valence-electron chi connectivity index (χ3n) is 4.25. The van der Waals surface area contributed by atoms with E-state index in [2.05, 4.69) is 42.3 Å². The van der Waals surface area contributed by atoms with E-state index in [-0.39, 0.29) is 0 Å². The Hall–Kier alpha value is -3.34. The van der Waals surface area contributed by atoms with Crippen molar-refractivity contribution in [1.29, 1.82) is 0 Å². The third kappa shape index (κ3) is 2.99. The van der Waals surface area contributed by atoms with Crippen molar-refractivity contribution in [1.82, 2.24) is 14.4 Å². The van der Waals surface area contributed by atoms with Crippen molar-refractivity contribution < 1.29 is 4.74 Å². The van der Waals surface area contributed by atoms with Gasteiger partial charge in [0.25, 0.3) is 0 Å². The van der Waals surface area contributed by atoms with Gasteiger partial charge in [-0.2, -0.15) is 0 Å². The van der Waals surface area contributed by atoms with E-state index >= 15 is 0 Å². The van der Waals surface area contributed by atoms with Gasteiger partial charge in [-0.15, -0.1) is 0 Å². The number of nitrogens with zero attached hydrogens (tertiary/aromatic N) is 3. The molecule has 5 heteroatoms. The van der Waals surface area contributed by atoms with Gasteiger partial charge >= 0.3 is 0 Å². The highest BCUT2D eigenvalue weighted by Crippen LogP contribution is 2.32. The molecule has 0 amide bonds. The normalized spacial score (nSPS) is 10.9. The Morgan fingerprint density at radius 1 is 1.00 bits per heavy atom. The topological polar surface area (TPSA) is 51.5 Å². The summed E-state index contributed by atoms with van der Waals surface area (Å²) in [6, 6.07) is 16.2. The van der Waals surface area contributed by atoms with E-state index in [1.54, 1.807) is 13.3 Å². The second-order valence-corrected chi connectivity index (χ2v) is 6.33. The van der Waals surface area contributed by atoms with Crippen LogP contribution in [-0.4, -0.2) is 21.5 Å². The number of anilines is 2. The number of ether oxygens (including phenoxy) is 1. The minimum absolute atomic E-state index is 0.658. The van der Waals surface area contributed by atoms with Crippen molar-refractivity contribution in [2.24, 2.45) is 0 Å². The molecule has 2 aromatic heterocycles. The van der Waals surface area contributed by atoms with Crippen LogP contribution in [0.3, 0.4) is 0 Å². The van der Waals surface area contributed by atoms with Gasteiger partial charge in [0.2, 0.25) is 5.78 Å². The van der Waals surface area contributed by atoms with Gasteiger partial charge in [-0.1, -0.05) is 6.07 Å². The molecule has 4 aromatic rings. The number of aryl methyl sites for hydroxylation is 2. The Balaban J connectivity index is 1.85. The molecular weight excluding hydrogens is 324 g/mol. The van der Waals surface area contributed by atoms with Crippen molar-refractivity contribution in [3.63, 3.8) is 0 Å². The van der Waals surface area contributed by atoms with Gasteiger partial charge in [0.15, 0.2) is 0 Å². The van der Waals surface area contributed by atoms with E-state index < -0.39 is 0 Å². The van der Waals surface area contributed by atoms with E-state index in [4.69, 9.17) is 9.72 Å². The van der Waals surface area contributed by atoms with E-state index in [9.17, 15) is 0 Å². The monoisotopic (exact) mass is 344 g/mol. The first kappa shape index (κ1) is 16.1. The van der Waals surface area contributed by atoms with Crippen LogP contribution in [0, 0.1) is 13.8 Å². The fourth-order valence-electron chi connectivity index (χ4n) is 3.14. The highest BCUT2D eigenvalue weighted by atomic mass is 16.5. The fraction of sp³-hybridized carbons (Fsp3) is 0.143. The molecule has 0 aliphatic carbocycles. The largest absolute Gasteiger partial charge is 0.497 e. The molecule has 2 aromatic carbocycles. The first-order chi connectivity index (χ1) is 12.6.